The zero-order valence-corrected chi connectivity index (χ0v) is 17.2. The molecule has 7 nitrogen and oxygen atoms in total. The van der Waals surface area contributed by atoms with Gasteiger partial charge in [0.2, 0.25) is 0 Å². The molecule has 0 aliphatic heterocycles. The molecule has 156 valence electrons. The highest BCUT2D eigenvalue weighted by Crippen LogP contribution is 2.29. The molecule has 3 aromatic carbocycles. The van der Waals surface area contributed by atoms with E-state index in [2.05, 4.69) is 6.07 Å². The van der Waals surface area contributed by atoms with Crippen LogP contribution in [-0.2, 0) is 11.3 Å². The monoisotopic (exact) mass is 408 g/mol. The maximum Gasteiger partial charge on any atom is 0.255 e. The molecule has 2 amide bonds. The lowest BCUT2D eigenvalue weighted by molar-refractivity contribution is -0.119. The normalized spacial score (nSPS) is 10.5. The second-order valence-electron chi connectivity index (χ2n) is 6.83. The van der Waals surface area contributed by atoms with E-state index < -0.39 is 5.91 Å². The van der Waals surface area contributed by atoms with E-state index in [9.17, 15) is 9.59 Å². The van der Waals surface area contributed by atoms with Crippen molar-refractivity contribution in [2.45, 2.75) is 6.54 Å². The number of ether oxygens (including phenoxy) is 3. The molecule has 0 spiro atoms. The largest absolute Gasteiger partial charge is 0.497 e. The third-order valence-corrected chi connectivity index (χ3v) is 4.66. The highest BCUT2D eigenvalue weighted by molar-refractivity contribution is 5.95. The minimum Gasteiger partial charge on any atom is -0.497 e. The fourth-order valence-electron chi connectivity index (χ4n) is 3.13. The molecule has 7 heteroatoms. The number of hydrogen-bond acceptors (Lipinski definition) is 5. The van der Waals surface area contributed by atoms with Crippen molar-refractivity contribution in [1.29, 1.82) is 0 Å². The fraction of sp³-hybridized carbons (Fsp3) is 0.217. The summed E-state index contributed by atoms with van der Waals surface area (Å²) in [6.45, 7) is 0.181. The van der Waals surface area contributed by atoms with Crippen LogP contribution in [0.4, 0.5) is 0 Å². The second-order valence-corrected chi connectivity index (χ2v) is 6.83. The van der Waals surface area contributed by atoms with E-state index >= 15 is 0 Å². The summed E-state index contributed by atoms with van der Waals surface area (Å²) in [5.41, 5.74) is 6.56. The number of amides is 2. The summed E-state index contributed by atoms with van der Waals surface area (Å²) < 4.78 is 15.8. The van der Waals surface area contributed by atoms with Crippen LogP contribution in [0.1, 0.15) is 15.9 Å². The van der Waals surface area contributed by atoms with Crippen LogP contribution in [0.2, 0.25) is 0 Å². The SMILES string of the molecule is COc1ccc2cc(CN(C)C(=O)c3ccc(OCC(N)=O)c(OC)c3)ccc2c1. The lowest BCUT2D eigenvalue weighted by Gasteiger charge is -2.19. The van der Waals surface area contributed by atoms with E-state index in [1.54, 1.807) is 37.3 Å². The molecule has 0 aliphatic rings. The standard InChI is InChI=1S/C23H24N2O5/c1-25(13-15-4-5-17-11-19(28-2)8-6-16(17)10-15)23(27)18-7-9-20(21(12-18)29-3)30-14-22(24)26/h4-12H,13-14H2,1-3H3,(H2,24,26). The number of methoxy groups -OCH3 is 2. The molecule has 3 aromatic rings. The second kappa shape index (κ2) is 9.17. The smallest absolute Gasteiger partial charge is 0.255 e. The van der Waals surface area contributed by atoms with E-state index in [0.29, 0.717) is 23.6 Å². The molecule has 0 aromatic heterocycles. The molecule has 0 saturated heterocycles. The van der Waals surface area contributed by atoms with Gasteiger partial charge < -0.3 is 24.8 Å². The van der Waals surface area contributed by atoms with Gasteiger partial charge in [-0.05, 0) is 52.7 Å². The van der Waals surface area contributed by atoms with Crippen molar-refractivity contribution in [2.75, 3.05) is 27.9 Å². The van der Waals surface area contributed by atoms with Crippen molar-refractivity contribution in [3.63, 3.8) is 0 Å². The van der Waals surface area contributed by atoms with E-state index in [-0.39, 0.29) is 12.5 Å². The molecule has 0 heterocycles. The summed E-state index contributed by atoms with van der Waals surface area (Å²) in [5.74, 6) is 0.755. The van der Waals surface area contributed by atoms with Crippen LogP contribution in [0.3, 0.4) is 0 Å². The summed E-state index contributed by atoms with van der Waals surface area (Å²) in [7, 11) is 4.85. The predicted octanol–water partition coefficient (Wildman–Crippen LogP) is 2.99. The van der Waals surface area contributed by atoms with Crippen molar-refractivity contribution >= 4 is 22.6 Å². The van der Waals surface area contributed by atoms with Crippen LogP contribution >= 0.6 is 0 Å². The van der Waals surface area contributed by atoms with Crippen molar-refractivity contribution in [1.82, 2.24) is 4.90 Å². The van der Waals surface area contributed by atoms with Gasteiger partial charge in [-0.25, -0.2) is 0 Å². The first kappa shape index (κ1) is 21.0. The highest BCUT2D eigenvalue weighted by Gasteiger charge is 2.16. The van der Waals surface area contributed by atoms with Gasteiger partial charge in [0.05, 0.1) is 14.2 Å². The molecule has 0 fully saturated rings. The molecule has 0 saturated carbocycles. The van der Waals surface area contributed by atoms with Gasteiger partial charge in [0.15, 0.2) is 18.1 Å². The molecular formula is C23H24N2O5. The Bertz CT molecular complexity index is 1080. The van der Waals surface area contributed by atoms with Crippen molar-refractivity contribution < 1.29 is 23.8 Å². The third kappa shape index (κ3) is 4.81. The molecular weight excluding hydrogens is 384 g/mol. The Morgan fingerprint density at radius 2 is 1.63 bits per heavy atom. The van der Waals surface area contributed by atoms with Gasteiger partial charge in [-0.1, -0.05) is 18.2 Å². The Morgan fingerprint density at radius 3 is 2.33 bits per heavy atom. The summed E-state index contributed by atoms with van der Waals surface area (Å²) in [6, 6.07) is 16.7. The predicted molar refractivity (Wildman–Crippen MR) is 114 cm³/mol. The fourth-order valence-corrected chi connectivity index (χ4v) is 3.13. The summed E-state index contributed by atoms with van der Waals surface area (Å²) in [5, 5.41) is 2.15. The first-order valence-electron chi connectivity index (χ1n) is 9.32. The molecule has 0 atom stereocenters. The highest BCUT2D eigenvalue weighted by atomic mass is 16.5. The lowest BCUT2D eigenvalue weighted by Crippen LogP contribution is -2.26. The number of primary amides is 1. The number of hydrogen-bond donors (Lipinski definition) is 1. The Labute approximate surface area is 174 Å². The zero-order chi connectivity index (χ0) is 21.7. The number of fused-ring (bicyclic) bond motifs is 1. The molecule has 2 N–H and O–H groups in total. The minimum atomic E-state index is -0.592. The quantitative estimate of drug-likeness (QED) is 0.619. The Kier molecular flexibility index (Phi) is 6.41. The number of carbonyl (C=O) groups is 2. The number of carbonyl (C=O) groups excluding carboxylic acids is 2. The van der Waals surface area contributed by atoms with Gasteiger partial charge in [0, 0.05) is 19.2 Å². The van der Waals surface area contributed by atoms with Crippen LogP contribution in [0.25, 0.3) is 10.8 Å². The van der Waals surface area contributed by atoms with Gasteiger partial charge in [-0.2, -0.15) is 0 Å². The third-order valence-electron chi connectivity index (χ3n) is 4.66. The van der Waals surface area contributed by atoms with Gasteiger partial charge in [0.25, 0.3) is 11.8 Å². The molecule has 0 unspecified atom stereocenters. The van der Waals surface area contributed by atoms with Gasteiger partial charge >= 0.3 is 0 Å². The first-order valence-corrected chi connectivity index (χ1v) is 9.32. The van der Waals surface area contributed by atoms with Gasteiger partial charge in [0.1, 0.15) is 5.75 Å². The van der Waals surface area contributed by atoms with E-state index in [4.69, 9.17) is 19.9 Å². The topological polar surface area (TPSA) is 91.1 Å². The van der Waals surface area contributed by atoms with E-state index in [0.717, 1.165) is 22.1 Å². The lowest BCUT2D eigenvalue weighted by atomic mass is 10.1. The Hall–Kier alpha value is -3.74. The van der Waals surface area contributed by atoms with Crippen LogP contribution in [0.15, 0.2) is 54.6 Å². The number of nitrogens with zero attached hydrogens (tertiary/aromatic N) is 1. The zero-order valence-electron chi connectivity index (χ0n) is 17.2. The summed E-state index contributed by atoms with van der Waals surface area (Å²) >= 11 is 0. The minimum absolute atomic E-state index is 0.162. The molecule has 0 bridgehead atoms. The molecule has 0 aliphatic carbocycles. The number of rotatable bonds is 8. The first-order chi connectivity index (χ1) is 14.4. The van der Waals surface area contributed by atoms with Gasteiger partial charge in [-0.3, -0.25) is 9.59 Å². The summed E-state index contributed by atoms with van der Waals surface area (Å²) in [4.78, 5) is 25.4. The molecule has 3 rings (SSSR count). The van der Waals surface area contributed by atoms with Crippen LogP contribution in [0, 0.1) is 0 Å². The van der Waals surface area contributed by atoms with Crippen LogP contribution in [-0.4, -0.2) is 44.6 Å². The van der Waals surface area contributed by atoms with Crippen LogP contribution < -0.4 is 19.9 Å². The average Bonchev–Trinajstić information content (AvgIpc) is 2.76. The maximum atomic E-state index is 12.9. The van der Waals surface area contributed by atoms with Gasteiger partial charge in [-0.15, -0.1) is 0 Å². The maximum absolute atomic E-state index is 12.9. The van der Waals surface area contributed by atoms with E-state index in [1.165, 1.54) is 7.11 Å². The van der Waals surface area contributed by atoms with Crippen molar-refractivity contribution in [2.24, 2.45) is 5.73 Å². The van der Waals surface area contributed by atoms with E-state index in [1.807, 2.05) is 30.3 Å². The van der Waals surface area contributed by atoms with Crippen molar-refractivity contribution in [3.05, 3.63) is 65.7 Å². The van der Waals surface area contributed by atoms with Crippen LogP contribution in [0.5, 0.6) is 17.2 Å². The Morgan fingerprint density at radius 1 is 0.900 bits per heavy atom. The Balaban J connectivity index is 1.75. The molecule has 0 radical (unpaired) electrons. The average molecular weight is 408 g/mol. The number of benzene rings is 3. The number of nitrogens with two attached hydrogens (primary N) is 1. The summed E-state index contributed by atoms with van der Waals surface area (Å²) in [6.07, 6.45) is 0. The van der Waals surface area contributed by atoms with Crippen molar-refractivity contribution in [3.8, 4) is 17.2 Å². The molecule has 30 heavy (non-hydrogen) atoms.